The van der Waals surface area contributed by atoms with Crippen LogP contribution in [0.2, 0.25) is 0 Å². The summed E-state index contributed by atoms with van der Waals surface area (Å²) < 4.78 is 32.7. The highest BCUT2D eigenvalue weighted by Crippen LogP contribution is 2.47. The molecule has 0 radical (unpaired) electrons. The molecule has 1 aromatic heterocycles. The van der Waals surface area contributed by atoms with Crippen LogP contribution in [0.25, 0.3) is 0 Å². The van der Waals surface area contributed by atoms with Crippen molar-refractivity contribution in [3.8, 4) is 5.88 Å². The molecule has 1 aromatic carbocycles. The third-order valence-electron chi connectivity index (χ3n) is 6.56. The molecular formula is C21H23F2N5O2. The van der Waals surface area contributed by atoms with Gasteiger partial charge in [-0.2, -0.15) is 0 Å². The number of hydrogen-bond acceptors (Lipinski definition) is 6. The highest BCUT2D eigenvalue weighted by atomic mass is 19.1. The molecule has 7 nitrogen and oxygen atoms in total. The smallest absolute Gasteiger partial charge is 0.245 e. The van der Waals surface area contributed by atoms with Crippen LogP contribution in [-0.4, -0.2) is 59.2 Å². The van der Waals surface area contributed by atoms with Crippen molar-refractivity contribution >= 4 is 11.7 Å². The monoisotopic (exact) mass is 415 g/mol. The van der Waals surface area contributed by atoms with Crippen LogP contribution in [0.5, 0.6) is 5.88 Å². The summed E-state index contributed by atoms with van der Waals surface area (Å²) in [6.45, 7) is 2.77. The lowest BCUT2D eigenvalue weighted by molar-refractivity contribution is -0.143. The van der Waals surface area contributed by atoms with Gasteiger partial charge in [-0.3, -0.25) is 9.80 Å². The number of halogens is 2. The lowest BCUT2D eigenvalue weighted by Crippen LogP contribution is -2.46. The zero-order valence-corrected chi connectivity index (χ0v) is 16.7. The summed E-state index contributed by atoms with van der Waals surface area (Å²) in [5.74, 6) is 0.136. The Balaban J connectivity index is 1.33. The number of anilines is 1. The number of benzene rings is 1. The van der Waals surface area contributed by atoms with Gasteiger partial charge in [0.1, 0.15) is 23.8 Å². The molecule has 158 valence electrons. The van der Waals surface area contributed by atoms with Crippen molar-refractivity contribution in [3.05, 3.63) is 47.8 Å². The number of carbonyl (C=O) groups is 1. The molecule has 1 atom stereocenters. The summed E-state index contributed by atoms with van der Waals surface area (Å²) in [4.78, 5) is 24.0. The van der Waals surface area contributed by atoms with Crippen LogP contribution < -0.4 is 9.64 Å². The Hall–Kier alpha value is -2.81. The first-order valence-electron chi connectivity index (χ1n) is 10.1. The molecule has 1 spiro atoms. The van der Waals surface area contributed by atoms with Gasteiger partial charge in [0.15, 0.2) is 0 Å². The third kappa shape index (κ3) is 3.08. The maximum Gasteiger partial charge on any atom is 0.245 e. The van der Waals surface area contributed by atoms with Gasteiger partial charge in [-0.1, -0.05) is 0 Å². The summed E-state index contributed by atoms with van der Waals surface area (Å²) in [7, 11) is 1.57. The first-order chi connectivity index (χ1) is 14.5. The largest absolute Gasteiger partial charge is 0.481 e. The molecule has 3 aliphatic heterocycles. The van der Waals surface area contributed by atoms with Crippen LogP contribution in [0.4, 0.5) is 14.6 Å². The molecule has 1 amide bonds. The number of ether oxygens (including phenoxy) is 1. The number of piperidine rings is 1. The van der Waals surface area contributed by atoms with Crippen LogP contribution in [0.3, 0.4) is 0 Å². The summed E-state index contributed by atoms with van der Waals surface area (Å²) in [6, 6.07) is 5.01. The Kier molecular flexibility index (Phi) is 4.57. The van der Waals surface area contributed by atoms with E-state index in [1.165, 1.54) is 18.5 Å². The third-order valence-corrected chi connectivity index (χ3v) is 6.56. The van der Waals surface area contributed by atoms with Gasteiger partial charge < -0.3 is 9.64 Å². The SMILES string of the molecule is COc1cc(N2CCC3(CC2)CN2CC[C@@H](c4cc(F)cc(F)c4)N2C3=O)ncn1. The van der Waals surface area contributed by atoms with E-state index in [1.54, 1.807) is 18.2 Å². The van der Waals surface area contributed by atoms with Gasteiger partial charge in [-0.15, -0.1) is 0 Å². The summed E-state index contributed by atoms with van der Waals surface area (Å²) in [5.41, 5.74) is 0.0592. The summed E-state index contributed by atoms with van der Waals surface area (Å²) >= 11 is 0. The van der Waals surface area contributed by atoms with Crippen molar-refractivity contribution in [2.75, 3.05) is 38.2 Å². The minimum absolute atomic E-state index is 0.0644. The fourth-order valence-corrected chi connectivity index (χ4v) is 5.01. The van der Waals surface area contributed by atoms with Crippen molar-refractivity contribution in [1.82, 2.24) is 20.0 Å². The summed E-state index contributed by atoms with van der Waals surface area (Å²) in [5, 5.41) is 3.80. The van der Waals surface area contributed by atoms with Gasteiger partial charge in [-0.25, -0.2) is 23.8 Å². The van der Waals surface area contributed by atoms with Gasteiger partial charge >= 0.3 is 0 Å². The number of methoxy groups -OCH3 is 1. The van der Waals surface area contributed by atoms with Crippen LogP contribution >= 0.6 is 0 Å². The first-order valence-corrected chi connectivity index (χ1v) is 10.1. The molecule has 2 aromatic rings. The molecule has 0 aliphatic carbocycles. The molecule has 5 rings (SSSR count). The molecule has 0 bridgehead atoms. The standard InChI is InChI=1S/C21H23F2N5O2/c1-30-19-11-18(24-13-25-19)26-6-3-21(4-7-26)12-27-5-2-17(28(27)20(21)29)14-8-15(22)10-16(23)9-14/h8-11,13,17H,2-7,12H2,1H3/t17-/m0/s1. The number of rotatable bonds is 3. The van der Waals surface area contributed by atoms with E-state index in [2.05, 4.69) is 19.9 Å². The Morgan fingerprint density at radius 1 is 1.07 bits per heavy atom. The molecule has 3 fully saturated rings. The lowest BCUT2D eigenvalue weighted by atomic mass is 9.77. The molecule has 0 N–H and O–H groups in total. The molecule has 0 saturated carbocycles. The van der Waals surface area contributed by atoms with E-state index in [9.17, 15) is 13.6 Å². The Morgan fingerprint density at radius 3 is 2.50 bits per heavy atom. The number of amides is 1. The Bertz CT molecular complexity index is 959. The number of carbonyl (C=O) groups excluding carboxylic acids is 1. The molecule has 3 aliphatic rings. The minimum atomic E-state index is -0.613. The van der Waals surface area contributed by atoms with Crippen LogP contribution in [0.1, 0.15) is 30.9 Å². The normalized spacial score (nSPS) is 23.3. The maximum atomic E-state index is 13.7. The highest BCUT2D eigenvalue weighted by molar-refractivity contribution is 5.85. The molecule has 3 saturated heterocycles. The fraction of sp³-hybridized carbons (Fsp3) is 0.476. The van der Waals surface area contributed by atoms with Gasteiger partial charge in [-0.05, 0) is 37.0 Å². The van der Waals surface area contributed by atoms with Gasteiger partial charge in [0, 0.05) is 38.3 Å². The van der Waals surface area contributed by atoms with E-state index < -0.39 is 17.0 Å². The van der Waals surface area contributed by atoms with Crippen molar-refractivity contribution in [2.45, 2.75) is 25.3 Å². The van der Waals surface area contributed by atoms with Crippen molar-refractivity contribution in [3.63, 3.8) is 0 Å². The highest BCUT2D eigenvalue weighted by Gasteiger charge is 2.56. The van der Waals surface area contributed by atoms with Crippen LogP contribution in [-0.2, 0) is 4.79 Å². The van der Waals surface area contributed by atoms with Gasteiger partial charge in [0.25, 0.3) is 0 Å². The Labute approximate surface area is 173 Å². The number of nitrogens with zero attached hydrogens (tertiary/aromatic N) is 5. The van der Waals surface area contributed by atoms with E-state index >= 15 is 0 Å². The van der Waals surface area contributed by atoms with E-state index in [1.807, 2.05) is 0 Å². The topological polar surface area (TPSA) is 61.8 Å². The molecule has 30 heavy (non-hydrogen) atoms. The number of hydrazine groups is 1. The maximum absolute atomic E-state index is 13.7. The number of aromatic nitrogens is 2. The second kappa shape index (κ2) is 7.16. The van der Waals surface area contributed by atoms with E-state index in [-0.39, 0.29) is 11.9 Å². The number of fused-ring (bicyclic) bond motifs is 1. The second-order valence-corrected chi connectivity index (χ2v) is 8.23. The van der Waals surface area contributed by atoms with Crippen LogP contribution in [0.15, 0.2) is 30.6 Å². The lowest BCUT2D eigenvalue weighted by Gasteiger charge is -2.38. The second-order valence-electron chi connectivity index (χ2n) is 8.23. The quantitative estimate of drug-likeness (QED) is 0.768. The van der Waals surface area contributed by atoms with E-state index in [0.717, 1.165) is 11.9 Å². The molecule has 4 heterocycles. The average Bonchev–Trinajstić information content (AvgIpc) is 3.26. The molecule has 9 heteroatoms. The van der Waals surface area contributed by atoms with E-state index in [0.29, 0.717) is 56.9 Å². The summed E-state index contributed by atoms with van der Waals surface area (Å²) in [6.07, 6.45) is 3.56. The Morgan fingerprint density at radius 2 is 1.80 bits per heavy atom. The molecular weight excluding hydrogens is 392 g/mol. The van der Waals surface area contributed by atoms with Crippen LogP contribution in [0, 0.1) is 17.0 Å². The zero-order chi connectivity index (χ0) is 20.9. The average molecular weight is 415 g/mol. The van der Waals surface area contributed by atoms with Gasteiger partial charge in [0.05, 0.1) is 18.6 Å². The van der Waals surface area contributed by atoms with Crippen molar-refractivity contribution < 1.29 is 18.3 Å². The molecule has 0 unspecified atom stereocenters. The predicted octanol–water partition coefficient (Wildman–Crippen LogP) is 2.55. The van der Waals surface area contributed by atoms with Gasteiger partial charge in [0.2, 0.25) is 11.8 Å². The first kappa shape index (κ1) is 19.2. The van der Waals surface area contributed by atoms with Crippen molar-refractivity contribution in [2.24, 2.45) is 5.41 Å². The van der Waals surface area contributed by atoms with E-state index in [4.69, 9.17) is 4.74 Å². The zero-order valence-electron chi connectivity index (χ0n) is 16.7. The fourth-order valence-electron chi connectivity index (χ4n) is 5.01. The predicted molar refractivity (Wildman–Crippen MR) is 105 cm³/mol. The minimum Gasteiger partial charge on any atom is -0.481 e. The number of hydrogen-bond donors (Lipinski definition) is 0. The van der Waals surface area contributed by atoms with Crippen molar-refractivity contribution in [1.29, 1.82) is 0 Å².